The highest BCUT2D eigenvalue weighted by atomic mass is 14.3. The predicted octanol–water partition coefficient (Wildman–Crippen LogP) is 5.58. The van der Waals surface area contributed by atoms with Gasteiger partial charge in [-0.05, 0) is 45.2 Å². The lowest BCUT2D eigenvalue weighted by Gasteiger charge is -2.30. The molecule has 0 atom stereocenters. The van der Waals surface area contributed by atoms with Gasteiger partial charge >= 0.3 is 0 Å². The number of benzene rings is 2. The summed E-state index contributed by atoms with van der Waals surface area (Å²) in [4.78, 5) is 0. The molecule has 0 nitrogen and oxygen atoms in total. The van der Waals surface area contributed by atoms with Gasteiger partial charge < -0.3 is 0 Å². The van der Waals surface area contributed by atoms with Crippen molar-refractivity contribution in [3.8, 4) is 22.3 Å². The van der Waals surface area contributed by atoms with E-state index >= 15 is 0 Å². The van der Waals surface area contributed by atoms with Crippen LogP contribution < -0.4 is 0 Å². The number of hydrogen-bond acceptors (Lipinski definition) is 0. The normalized spacial score (nSPS) is 12.3. The maximum Gasteiger partial charge on any atom is -0.00640 e. The van der Waals surface area contributed by atoms with Crippen LogP contribution >= 0.6 is 0 Å². The van der Waals surface area contributed by atoms with Gasteiger partial charge in [0.25, 0.3) is 0 Å². The van der Waals surface area contributed by atoms with Crippen LogP contribution in [0.4, 0.5) is 0 Å². The first-order valence-electron chi connectivity index (χ1n) is 6.87. The summed E-state index contributed by atoms with van der Waals surface area (Å²) in [5, 5.41) is 0. The summed E-state index contributed by atoms with van der Waals surface area (Å²) in [7, 11) is 0. The fraction of sp³-hybridized carbons (Fsp3) is 0.333. The zero-order valence-corrected chi connectivity index (χ0v) is 11.6. The zero-order valence-electron chi connectivity index (χ0n) is 11.6. The number of hydrogen-bond donors (Lipinski definition) is 0. The summed E-state index contributed by atoms with van der Waals surface area (Å²) in [5.41, 5.74) is 8.79. The van der Waals surface area contributed by atoms with Gasteiger partial charge in [-0.3, -0.25) is 0 Å². The van der Waals surface area contributed by atoms with Crippen molar-refractivity contribution in [2.75, 3.05) is 0 Å². The second-order valence-electron chi connectivity index (χ2n) is 5.89. The van der Waals surface area contributed by atoms with Crippen molar-refractivity contribution < 1.29 is 0 Å². The first-order chi connectivity index (χ1) is 8.59. The van der Waals surface area contributed by atoms with E-state index in [0.29, 0.717) is 11.8 Å². The Morgan fingerprint density at radius 1 is 0.722 bits per heavy atom. The van der Waals surface area contributed by atoms with E-state index in [-0.39, 0.29) is 0 Å². The summed E-state index contributed by atoms with van der Waals surface area (Å²) in [6.45, 7) is 9.13. The summed E-state index contributed by atoms with van der Waals surface area (Å²) in [6.07, 6.45) is 0. The molecule has 0 heteroatoms. The smallest absolute Gasteiger partial charge is 0.00640 e. The molecule has 0 fully saturated rings. The maximum atomic E-state index is 2.41. The Bertz CT molecular complexity index is 603. The van der Waals surface area contributed by atoms with E-state index in [9.17, 15) is 0 Å². The lowest BCUT2D eigenvalue weighted by atomic mass is 9.74. The molecule has 0 heterocycles. The molecule has 3 rings (SSSR count). The molecule has 2 aromatic rings. The molecule has 0 bridgehead atoms. The van der Waals surface area contributed by atoms with Crippen molar-refractivity contribution in [1.82, 2.24) is 0 Å². The van der Waals surface area contributed by atoms with E-state index in [1.54, 1.807) is 0 Å². The molecule has 2 aromatic carbocycles. The molecule has 0 unspecified atom stereocenters. The Hall–Kier alpha value is -1.56. The van der Waals surface area contributed by atoms with Crippen molar-refractivity contribution in [2.45, 2.75) is 39.5 Å². The molecule has 0 N–H and O–H groups in total. The van der Waals surface area contributed by atoms with Crippen LogP contribution in [0.25, 0.3) is 22.3 Å². The molecule has 0 saturated heterocycles. The van der Waals surface area contributed by atoms with E-state index in [1.807, 2.05) is 0 Å². The Balaban J connectivity index is 2.24. The first-order valence-corrected chi connectivity index (χ1v) is 6.87. The highest BCUT2D eigenvalue weighted by Crippen LogP contribution is 2.51. The Labute approximate surface area is 110 Å². The van der Waals surface area contributed by atoms with Gasteiger partial charge in [-0.2, -0.15) is 0 Å². The SMILES string of the molecule is CC(C)c1cc2c(c(C(C)C)c1)-c1ccccc1-2. The zero-order chi connectivity index (χ0) is 12.9. The van der Waals surface area contributed by atoms with E-state index in [4.69, 9.17) is 0 Å². The molecule has 0 spiro atoms. The van der Waals surface area contributed by atoms with E-state index in [1.165, 1.54) is 33.4 Å². The topological polar surface area (TPSA) is 0 Å². The van der Waals surface area contributed by atoms with E-state index < -0.39 is 0 Å². The van der Waals surface area contributed by atoms with Crippen molar-refractivity contribution in [3.05, 3.63) is 47.5 Å². The Morgan fingerprint density at radius 3 is 2.00 bits per heavy atom. The molecule has 0 aliphatic heterocycles. The van der Waals surface area contributed by atoms with Crippen molar-refractivity contribution in [3.63, 3.8) is 0 Å². The number of rotatable bonds is 2. The monoisotopic (exact) mass is 236 g/mol. The maximum absolute atomic E-state index is 2.41. The van der Waals surface area contributed by atoms with E-state index in [2.05, 4.69) is 64.1 Å². The van der Waals surface area contributed by atoms with Crippen LogP contribution in [0.5, 0.6) is 0 Å². The highest BCUT2D eigenvalue weighted by Gasteiger charge is 2.26. The van der Waals surface area contributed by atoms with Gasteiger partial charge in [0.2, 0.25) is 0 Å². The fourth-order valence-electron chi connectivity index (χ4n) is 2.86. The molecule has 0 radical (unpaired) electrons. The number of fused-ring (bicyclic) bond motifs is 4. The van der Waals surface area contributed by atoms with Gasteiger partial charge in [0, 0.05) is 0 Å². The minimum Gasteiger partial charge on any atom is -0.0616 e. The summed E-state index contributed by atoms with van der Waals surface area (Å²) < 4.78 is 0. The summed E-state index contributed by atoms with van der Waals surface area (Å²) >= 11 is 0. The molecular weight excluding hydrogens is 216 g/mol. The van der Waals surface area contributed by atoms with Gasteiger partial charge in [-0.15, -0.1) is 0 Å². The minimum absolute atomic E-state index is 0.589. The summed E-state index contributed by atoms with van der Waals surface area (Å²) in [6, 6.07) is 13.6. The lowest BCUT2D eigenvalue weighted by Crippen LogP contribution is -2.06. The second kappa shape index (κ2) is 3.98. The molecule has 1 aliphatic carbocycles. The molecule has 1 aliphatic rings. The van der Waals surface area contributed by atoms with Crippen LogP contribution in [0.3, 0.4) is 0 Å². The van der Waals surface area contributed by atoms with Crippen molar-refractivity contribution >= 4 is 0 Å². The lowest BCUT2D eigenvalue weighted by molar-refractivity contribution is 0.835. The Kier molecular flexibility index (Phi) is 2.55. The average molecular weight is 236 g/mol. The van der Waals surface area contributed by atoms with Crippen molar-refractivity contribution in [1.29, 1.82) is 0 Å². The van der Waals surface area contributed by atoms with Gasteiger partial charge in [-0.1, -0.05) is 64.1 Å². The summed E-state index contributed by atoms with van der Waals surface area (Å²) in [5.74, 6) is 1.19. The Morgan fingerprint density at radius 2 is 1.39 bits per heavy atom. The van der Waals surface area contributed by atoms with Crippen LogP contribution in [0.2, 0.25) is 0 Å². The van der Waals surface area contributed by atoms with Gasteiger partial charge in [0.15, 0.2) is 0 Å². The average Bonchev–Trinajstić information content (AvgIpc) is 2.34. The van der Waals surface area contributed by atoms with Crippen LogP contribution in [0.1, 0.15) is 50.7 Å². The van der Waals surface area contributed by atoms with Crippen LogP contribution in [-0.2, 0) is 0 Å². The van der Waals surface area contributed by atoms with Gasteiger partial charge in [-0.25, -0.2) is 0 Å². The standard InChI is InChI=1S/C18H20/c1-11(2)13-9-16(12(3)4)18-15-8-6-5-7-14(15)17(18)10-13/h5-12H,1-4H3. The molecule has 0 aromatic heterocycles. The van der Waals surface area contributed by atoms with Gasteiger partial charge in [0.1, 0.15) is 0 Å². The van der Waals surface area contributed by atoms with E-state index in [0.717, 1.165) is 0 Å². The van der Waals surface area contributed by atoms with Gasteiger partial charge in [0.05, 0.1) is 0 Å². The quantitative estimate of drug-likeness (QED) is 0.544. The molecule has 18 heavy (non-hydrogen) atoms. The highest BCUT2D eigenvalue weighted by molar-refractivity contribution is 6.04. The fourth-order valence-corrected chi connectivity index (χ4v) is 2.86. The third-order valence-electron chi connectivity index (χ3n) is 3.97. The van der Waals surface area contributed by atoms with Crippen LogP contribution in [0, 0.1) is 0 Å². The van der Waals surface area contributed by atoms with Crippen molar-refractivity contribution in [2.24, 2.45) is 0 Å². The third-order valence-corrected chi connectivity index (χ3v) is 3.97. The third kappa shape index (κ3) is 1.52. The molecular formula is C18H20. The molecule has 0 saturated carbocycles. The van der Waals surface area contributed by atoms with Crippen LogP contribution in [0.15, 0.2) is 36.4 Å². The first kappa shape index (κ1) is 11.5. The predicted molar refractivity (Wildman–Crippen MR) is 79.1 cm³/mol. The molecule has 0 amide bonds. The largest absolute Gasteiger partial charge is 0.0616 e. The van der Waals surface area contributed by atoms with Crippen LogP contribution in [-0.4, -0.2) is 0 Å². The molecule has 92 valence electrons. The minimum atomic E-state index is 0.589. The second-order valence-corrected chi connectivity index (χ2v) is 5.89.